The fourth-order valence-corrected chi connectivity index (χ4v) is 3.20. The number of rotatable bonds is 4. The van der Waals surface area contributed by atoms with Gasteiger partial charge in [0, 0.05) is 38.7 Å². The minimum Gasteiger partial charge on any atom is -0.484 e. The highest BCUT2D eigenvalue weighted by molar-refractivity contribution is 5.90. The Bertz CT molecular complexity index is 697. The molecule has 8 heteroatoms. The first-order valence-electron chi connectivity index (χ1n) is 8.77. The minimum absolute atomic E-state index is 0.0823. The monoisotopic (exact) mass is 363 g/mol. The summed E-state index contributed by atoms with van der Waals surface area (Å²) in [6.07, 6.45) is 1.57. The molecule has 26 heavy (non-hydrogen) atoms. The third kappa shape index (κ3) is 4.50. The molecule has 0 aromatic heterocycles. The molecule has 0 spiro atoms. The molecule has 140 valence electrons. The molecule has 3 rings (SSSR count). The van der Waals surface area contributed by atoms with Crippen LogP contribution in [-0.4, -0.2) is 66.3 Å². The second kappa shape index (κ2) is 8.16. The van der Waals surface area contributed by atoms with E-state index in [1.54, 1.807) is 15.9 Å². The number of carbonyl (C=O) groups excluding carboxylic acids is 3. The van der Waals surface area contributed by atoms with Crippen LogP contribution in [0.25, 0.3) is 0 Å². The molecule has 0 aliphatic carbocycles. The molecule has 2 aliphatic heterocycles. The van der Waals surface area contributed by atoms with Crippen LogP contribution in [0.2, 0.25) is 0 Å². The molecule has 1 unspecified atom stereocenters. The van der Waals surface area contributed by atoms with Crippen LogP contribution in [0, 0.1) is 5.82 Å². The molecule has 2 saturated heterocycles. The van der Waals surface area contributed by atoms with E-state index < -0.39 is 11.9 Å². The van der Waals surface area contributed by atoms with Gasteiger partial charge < -0.3 is 19.9 Å². The van der Waals surface area contributed by atoms with E-state index in [-0.39, 0.29) is 24.3 Å². The summed E-state index contributed by atoms with van der Waals surface area (Å²) in [4.78, 5) is 39.4. The van der Waals surface area contributed by atoms with Crippen LogP contribution in [0.15, 0.2) is 24.3 Å². The molecule has 2 heterocycles. The van der Waals surface area contributed by atoms with Crippen molar-refractivity contribution in [2.24, 2.45) is 0 Å². The van der Waals surface area contributed by atoms with Gasteiger partial charge in [-0.1, -0.05) is 6.07 Å². The molecule has 0 radical (unpaired) electrons. The maximum atomic E-state index is 13.1. The fourth-order valence-electron chi connectivity index (χ4n) is 3.20. The summed E-state index contributed by atoms with van der Waals surface area (Å²) in [6, 6.07) is 5.20. The molecule has 1 aromatic rings. The summed E-state index contributed by atoms with van der Waals surface area (Å²) in [5, 5.41) is 2.69. The average molecular weight is 363 g/mol. The predicted molar refractivity (Wildman–Crippen MR) is 90.8 cm³/mol. The molecule has 0 saturated carbocycles. The predicted octanol–water partition coefficient (Wildman–Crippen LogP) is 0.544. The largest absolute Gasteiger partial charge is 0.484 e. The van der Waals surface area contributed by atoms with E-state index in [0.717, 1.165) is 0 Å². The van der Waals surface area contributed by atoms with Gasteiger partial charge in [0.2, 0.25) is 11.8 Å². The summed E-state index contributed by atoms with van der Waals surface area (Å²) in [5.41, 5.74) is 0. The Hall–Kier alpha value is -2.64. The third-order valence-electron chi connectivity index (χ3n) is 4.61. The number of hydrogen-bond acceptors (Lipinski definition) is 4. The van der Waals surface area contributed by atoms with Crippen LogP contribution < -0.4 is 10.1 Å². The Morgan fingerprint density at radius 1 is 1.19 bits per heavy atom. The topological polar surface area (TPSA) is 79.0 Å². The number of nitrogens with zero attached hydrogens (tertiary/aromatic N) is 2. The number of ether oxygens (including phenoxy) is 1. The number of carbonyl (C=O) groups is 3. The Kier molecular flexibility index (Phi) is 5.70. The third-order valence-corrected chi connectivity index (χ3v) is 4.61. The smallest absolute Gasteiger partial charge is 0.260 e. The number of benzene rings is 1. The normalized spacial score (nSPS) is 20.5. The van der Waals surface area contributed by atoms with Crippen molar-refractivity contribution in [1.82, 2.24) is 15.1 Å². The summed E-state index contributed by atoms with van der Waals surface area (Å²) in [6.45, 7) is 1.76. The van der Waals surface area contributed by atoms with Crippen molar-refractivity contribution >= 4 is 17.7 Å². The van der Waals surface area contributed by atoms with Crippen molar-refractivity contribution in [2.45, 2.75) is 25.3 Å². The maximum Gasteiger partial charge on any atom is 0.260 e. The van der Waals surface area contributed by atoms with Crippen molar-refractivity contribution in [3.05, 3.63) is 30.1 Å². The Morgan fingerprint density at radius 3 is 2.69 bits per heavy atom. The highest BCUT2D eigenvalue weighted by Crippen LogP contribution is 2.14. The Morgan fingerprint density at radius 2 is 1.96 bits per heavy atom. The SMILES string of the molecule is O=C1CCC(C(=O)N2CCCN(C(=O)COc3cccc(F)c3)CC2)N1. The second-order valence-electron chi connectivity index (χ2n) is 6.46. The summed E-state index contributed by atoms with van der Waals surface area (Å²) in [7, 11) is 0. The number of halogens is 1. The van der Waals surface area contributed by atoms with Crippen molar-refractivity contribution < 1.29 is 23.5 Å². The minimum atomic E-state index is -0.443. The van der Waals surface area contributed by atoms with Gasteiger partial charge in [0.15, 0.2) is 6.61 Å². The van der Waals surface area contributed by atoms with Crippen LogP contribution in [-0.2, 0) is 14.4 Å². The van der Waals surface area contributed by atoms with E-state index in [1.807, 2.05) is 0 Å². The molecule has 2 fully saturated rings. The lowest BCUT2D eigenvalue weighted by molar-refractivity contribution is -0.136. The Labute approximate surface area is 151 Å². The molecular weight excluding hydrogens is 341 g/mol. The van der Waals surface area contributed by atoms with E-state index in [4.69, 9.17) is 4.74 Å². The van der Waals surface area contributed by atoms with E-state index in [2.05, 4.69) is 5.32 Å². The van der Waals surface area contributed by atoms with Gasteiger partial charge in [-0.05, 0) is 25.0 Å². The first kappa shape index (κ1) is 18.2. The lowest BCUT2D eigenvalue weighted by Crippen LogP contribution is -2.46. The summed E-state index contributed by atoms with van der Waals surface area (Å²) < 4.78 is 18.5. The molecular formula is C18H22FN3O4. The van der Waals surface area contributed by atoms with Gasteiger partial charge in [0.25, 0.3) is 5.91 Å². The van der Waals surface area contributed by atoms with Gasteiger partial charge in [-0.3, -0.25) is 14.4 Å². The number of hydrogen-bond donors (Lipinski definition) is 1. The zero-order valence-electron chi connectivity index (χ0n) is 14.4. The molecule has 3 amide bonds. The van der Waals surface area contributed by atoms with Crippen LogP contribution in [0.1, 0.15) is 19.3 Å². The van der Waals surface area contributed by atoms with E-state index in [9.17, 15) is 18.8 Å². The highest BCUT2D eigenvalue weighted by Gasteiger charge is 2.32. The molecule has 1 N–H and O–H groups in total. The molecule has 1 atom stereocenters. The molecule has 7 nitrogen and oxygen atoms in total. The quantitative estimate of drug-likeness (QED) is 0.847. The first-order chi connectivity index (χ1) is 12.5. The fraction of sp³-hybridized carbons (Fsp3) is 0.500. The van der Waals surface area contributed by atoms with Crippen molar-refractivity contribution in [3.63, 3.8) is 0 Å². The number of amides is 3. The lowest BCUT2D eigenvalue weighted by atomic mass is 10.2. The van der Waals surface area contributed by atoms with Gasteiger partial charge in [0.1, 0.15) is 17.6 Å². The maximum absolute atomic E-state index is 13.1. The zero-order chi connectivity index (χ0) is 18.5. The summed E-state index contributed by atoms with van der Waals surface area (Å²) >= 11 is 0. The highest BCUT2D eigenvalue weighted by atomic mass is 19.1. The van der Waals surface area contributed by atoms with E-state index in [0.29, 0.717) is 51.2 Å². The summed E-state index contributed by atoms with van der Waals surface area (Å²) in [5.74, 6) is -0.483. The van der Waals surface area contributed by atoms with Crippen molar-refractivity contribution in [1.29, 1.82) is 0 Å². The van der Waals surface area contributed by atoms with Gasteiger partial charge in [-0.25, -0.2) is 4.39 Å². The molecule has 0 bridgehead atoms. The molecule has 2 aliphatic rings. The van der Waals surface area contributed by atoms with E-state index in [1.165, 1.54) is 18.2 Å². The van der Waals surface area contributed by atoms with Crippen LogP contribution in [0.5, 0.6) is 5.75 Å². The van der Waals surface area contributed by atoms with Crippen molar-refractivity contribution in [2.75, 3.05) is 32.8 Å². The van der Waals surface area contributed by atoms with Gasteiger partial charge in [-0.15, -0.1) is 0 Å². The molecule has 1 aromatic carbocycles. The van der Waals surface area contributed by atoms with Gasteiger partial charge in [0.05, 0.1) is 0 Å². The van der Waals surface area contributed by atoms with Gasteiger partial charge in [-0.2, -0.15) is 0 Å². The zero-order valence-corrected chi connectivity index (χ0v) is 14.4. The lowest BCUT2D eigenvalue weighted by Gasteiger charge is -2.24. The van der Waals surface area contributed by atoms with E-state index >= 15 is 0 Å². The first-order valence-corrected chi connectivity index (χ1v) is 8.77. The van der Waals surface area contributed by atoms with Crippen LogP contribution in [0.3, 0.4) is 0 Å². The van der Waals surface area contributed by atoms with Crippen LogP contribution in [0.4, 0.5) is 4.39 Å². The van der Waals surface area contributed by atoms with Crippen LogP contribution >= 0.6 is 0 Å². The standard InChI is InChI=1S/C18H22FN3O4/c19-13-3-1-4-14(11-13)26-12-17(24)21-7-2-8-22(10-9-21)18(25)15-5-6-16(23)20-15/h1,3-4,11,15H,2,5-10,12H2,(H,20,23). The average Bonchev–Trinajstić information content (AvgIpc) is 2.91. The van der Waals surface area contributed by atoms with Gasteiger partial charge >= 0.3 is 0 Å². The second-order valence-corrected chi connectivity index (χ2v) is 6.46. The van der Waals surface area contributed by atoms with Crippen molar-refractivity contribution in [3.8, 4) is 5.75 Å². The number of nitrogens with one attached hydrogen (secondary N) is 1. The Balaban J connectivity index is 1.49.